The molecule has 1 saturated heterocycles. The Morgan fingerprint density at radius 2 is 2.00 bits per heavy atom. The maximum absolute atomic E-state index is 5.99. The van der Waals surface area contributed by atoms with Crippen molar-refractivity contribution in [2.24, 2.45) is 0 Å². The van der Waals surface area contributed by atoms with Crippen LogP contribution in [0.1, 0.15) is 30.9 Å². The topological polar surface area (TPSA) is 32.5 Å². The maximum atomic E-state index is 5.99. The fraction of sp³-hybridized carbons (Fsp3) is 0.625. The molecule has 0 bridgehead atoms. The highest BCUT2D eigenvalue weighted by atomic mass is 15.2. The molecule has 0 saturated carbocycles. The first-order valence-corrected chi connectivity index (χ1v) is 7.38. The standard InChI is InChI=1S/C16H27N3/c1-4-19-10-8-15(9-11-19)18(3)12-14-6-5-7-16(17)13(14)2/h5-7,15H,4,8-12,17H2,1-3H3. The van der Waals surface area contributed by atoms with Gasteiger partial charge in [-0.25, -0.2) is 0 Å². The molecule has 1 aromatic carbocycles. The van der Waals surface area contributed by atoms with Crippen molar-refractivity contribution in [3.63, 3.8) is 0 Å². The van der Waals surface area contributed by atoms with Crippen molar-refractivity contribution in [3.8, 4) is 0 Å². The molecule has 0 radical (unpaired) electrons. The number of nitrogens with zero attached hydrogens (tertiary/aromatic N) is 2. The summed E-state index contributed by atoms with van der Waals surface area (Å²) in [4.78, 5) is 5.03. The monoisotopic (exact) mass is 261 g/mol. The average molecular weight is 261 g/mol. The van der Waals surface area contributed by atoms with Gasteiger partial charge in [0.25, 0.3) is 0 Å². The minimum Gasteiger partial charge on any atom is -0.399 e. The molecular weight excluding hydrogens is 234 g/mol. The van der Waals surface area contributed by atoms with Crippen LogP contribution in [0, 0.1) is 6.92 Å². The number of nitrogen functional groups attached to an aromatic ring is 1. The lowest BCUT2D eigenvalue weighted by atomic mass is 10.0. The van der Waals surface area contributed by atoms with Crippen LogP contribution in [-0.2, 0) is 6.54 Å². The van der Waals surface area contributed by atoms with Crippen LogP contribution >= 0.6 is 0 Å². The van der Waals surface area contributed by atoms with E-state index in [0.29, 0.717) is 6.04 Å². The van der Waals surface area contributed by atoms with Crippen LogP contribution in [0.5, 0.6) is 0 Å². The van der Waals surface area contributed by atoms with Crippen LogP contribution in [0.4, 0.5) is 5.69 Å². The largest absolute Gasteiger partial charge is 0.399 e. The summed E-state index contributed by atoms with van der Waals surface area (Å²) in [6.07, 6.45) is 2.57. The highest BCUT2D eigenvalue weighted by Gasteiger charge is 2.21. The average Bonchev–Trinajstić information content (AvgIpc) is 2.44. The summed E-state index contributed by atoms with van der Waals surface area (Å²) >= 11 is 0. The summed E-state index contributed by atoms with van der Waals surface area (Å²) in [5.41, 5.74) is 9.49. The Morgan fingerprint density at radius 3 is 2.63 bits per heavy atom. The Hall–Kier alpha value is -1.06. The van der Waals surface area contributed by atoms with Gasteiger partial charge in [0.2, 0.25) is 0 Å². The van der Waals surface area contributed by atoms with E-state index in [-0.39, 0.29) is 0 Å². The Labute approximate surface area is 117 Å². The molecule has 0 amide bonds. The molecule has 0 spiro atoms. The van der Waals surface area contributed by atoms with Crippen molar-refractivity contribution in [2.45, 2.75) is 39.3 Å². The molecule has 0 aliphatic carbocycles. The summed E-state index contributed by atoms with van der Waals surface area (Å²) in [6, 6.07) is 6.95. The van der Waals surface area contributed by atoms with Gasteiger partial charge >= 0.3 is 0 Å². The van der Waals surface area contributed by atoms with E-state index in [9.17, 15) is 0 Å². The maximum Gasteiger partial charge on any atom is 0.0346 e. The minimum atomic E-state index is 0.712. The van der Waals surface area contributed by atoms with Gasteiger partial charge < -0.3 is 10.6 Å². The van der Waals surface area contributed by atoms with Gasteiger partial charge in [-0.3, -0.25) is 4.90 Å². The third kappa shape index (κ3) is 3.48. The fourth-order valence-corrected chi connectivity index (χ4v) is 2.95. The van der Waals surface area contributed by atoms with E-state index in [4.69, 9.17) is 5.73 Å². The number of hydrogen-bond acceptors (Lipinski definition) is 3. The molecule has 0 atom stereocenters. The number of rotatable bonds is 4. The van der Waals surface area contributed by atoms with E-state index in [2.05, 4.69) is 42.8 Å². The van der Waals surface area contributed by atoms with Gasteiger partial charge in [0, 0.05) is 18.3 Å². The number of likely N-dealkylation sites (tertiary alicyclic amines) is 1. The van der Waals surface area contributed by atoms with Crippen molar-refractivity contribution in [2.75, 3.05) is 32.4 Å². The number of anilines is 1. The summed E-state index contributed by atoms with van der Waals surface area (Å²) in [5.74, 6) is 0. The number of piperidine rings is 1. The highest BCUT2D eigenvalue weighted by molar-refractivity contribution is 5.49. The summed E-state index contributed by atoms with van der Waals surface area (Å²) < 4.78 is 0. The lowest BCUT2D eigenvalue weighted by Gasteiger charge is -2.36. The Balaban J connectivity index is 1.94. The van der Waals surface area contributed by atoms with Crippen molar-refractivity contribution in [1.29, 1.82) is 0 Å². The molecule has 1 fully saturated rings. The van der Waals surface area contributed by atoms with Gasteiger partial charge in [0.05, 0.1) is 0 Å². The third-order valence-electron chi connectivity index (χ3n) is 4.54. The molecule has 1 aliphatic rings. The lowest BCUT2D eigenvalue weighted by molar-refractivity contribution is 0.127. The van der Waals surface area contributed by atoms with E-state index in [1.54, 1.807) is 0 Å². The van der Waals surface area contributed by atoms with Crippen molar-refractivity contribution in [1.82, 2.24) is 9.80 Å². The summed E-state index contributed by atoms with van der Waals surface area (Å²) in [6.45, 7) is 9.04. The van der Waals surface area contributed by atoms with Crippen molar-refractivity contribution >= 4 is 5.69 Å². The van der Waals surface area contributed by atoms with Gasteiger partial charge in [-0.05, 0) is 63.6 Å². The highest BCUT2D eigenvalue weighted by Crippen LogP contribution is 2.21. The van der Waals surface area contributed by atoms with Crippen LogP contribution in [-0.4, -0.2) is 42.5 Å². The predicted octanol–water partition coefficient (Wildman–Crippen LogP) is 2.49. The van der Waals surface area contributed by atoms with Crippen LogP contribution in [0.25, 0.3) is 0 Å². The normalized spacial score (nSPS) is 18.1. The Bertz CT molecular complexity index is 408. The third-order valence-corrected chi connectivity index (χ3v) is 4.54. The first-order chi connectivity index (χ1) is 9.11. The molecule has 1 heterocycles. The first kappa shape index (κ1) is 14.4. The number of hydrogen-bond donors (Lipinski definition) is 1. The second-order valence-corrected chi connectivity index (χ2v) is 5.71. The van der Waals surface area contributed by atoms with E-state index < -0.39 is 0 Å². The summed E-state index contributed by atoms with van der Waals surface area (Å²) in [5, 5.41) is 0. The molecule has 3 heteroatoms. The van der Waals surface area contributed by atoms with Crippen LogP contribution in [0.2, 0.25) is 0 Å². The van der Waals surface area contributed by atoms with E-state index >= 15 is 0 Å². The molecule has 3 nitrogen and oxygen atoms in total. The molecule has 2 rings (SSSR count). The number of nitrogens with two attached hydrogens (primary N) is 1. The van der Waals surface area contributed by atoms with Gasteiger partial charge in [0.1, 0.15) is 0 Å². The first-order valence-electron chi connectivity index (χ1n) is 7.38. The van der Waals surface area contributed by atoms with E-state index in [0.717, 1.165) is 12.2 Å². The molecule has 0 aromatic heterocycles. The summed E-state index contributed by atoms with van der Waals surface area (Å²) in [7, 11) is 2.24. The van der Waals surface area contributed by atoms with Crippen LogP contribution < -0.4 is 5.73 Å². The van der Waals surface area contributed by atoms with Crippen LogP contribution in [0.15, 0.2) is 18.2 Å². The van der Waals surface area contributed by atoms with Gasteiger partial charge in [-0.2, -0.15) is 0 Å². The second kappa shape index (κ2) is 6.40. The molecule has 106 valence electrons. The van der Waals surface area contributed by atoms with E-state index in [1.165, 1.54) is 43.6 Å². The quantitative estimate of drug-likeness (QED) is 0.845. The SMILES string of the molecule is CCN1CCC(N(C)Cc2cccc(N)c2C)CC1. The van der Waals surface area contributed by atoms with Crippen molar-refractivity contribution < 1.29 is 0 Å². The minimum absolute atomic E-state index is 0.712. The Morgan fingerprint density at radius 1 is 1.32 bits per heavy atom. The zero-order valence-corrected chi connectivity index (χ0v) is 12.5. The molecule has 0 unspecified atom stereocenters. The van der Waals surface area contributed by atoms with Crippen LogP contribution in [0.3, 0.4) is 0 Å². The van der Waals surface area contributed by atoms with Crippen molar-refractivity contribution in [3.05, 3.63) is 29.3 Å². The van der Waals surface area contributed by atoms with Gasteiger partial charge in [0.15, 0.2) is 0 Å². The lowest BCUT2D eigenvalue weighted by Crippen LogP contribution is -2.42. The zero-order chi connectivity index (χ0) is 13.8. The predicted molar refractivity (Wildman–Crippen MR) is 82.2 cm³/mol. The molecule has 2 N–H and O–H groups in total. The molecule has 1 aromatic rings. The van der Waals surface area contributed by atoms with E-state index in [1.807, 2.05) is 6.07 Å². The molecular formula is C16H27N3. The van der Waals surface area contributed by atoms with Gasteiger partial charge in [-0.1, -0.05) is 19.1 Å². The fourth-order valence-electron chi connectivity index (χ4n) is 2.95. The Kier molecular flexibility index (Phi) is 4.83. The molecule has 19 heavy (non-hydrogen) atoms. The molecule has 1 aliphatic heterocycles. The number of benzene rings is 1. The van der Waals surface area contributed by atoms with Gasteiger partial charge in [-0.15, -0.1) is 0 Å². The zero-order valence-electron chi connectivity index (χ0n) is 12.5. The smallest absolute Gasteiger partial charge is 0.0346 e. The second-order valence-electron chi connectivity index (χ2n) is 5.71.